The van der Waals surface area contributed by atoms with Crippen LogP contribution in [0, 0.1) is 13.8 Å². The minimum absolute atomic E-state index is 0.0216. The van der Waals surface area contributed by atoms with Gasteiger partial charge >= 0.3 is 5.97 Å². The molecular formula is C12H14N4O4S. The van der Waals surface area contributed by atoms with Gasteiger partial charge in [-0.1, -0.05) is 0 Å². The number of rotatable bonds is 4. The number of anilines is 1. The molecule has 0 aliphatic rings. The van der Waals surface area contributed by atoms with Crippen molar-refractivity contribution in [2.75, 3.05) is 4.72 Å². The van der Waals surface area contributed by atoms with Gasteiger partial charge in [0.2, 0.25) is 0 Å². The first-order valence-electron chi connectivity index (χ1n) is 5.94. The highest BCUT2D eigenvalue weighted by molar-refractivity contribution is 7.92. The summed E-state index contributed by atoms with van der Waals surface area (Å²) in [5.41, 5.74) is 0.860. The summed E-state index contributed by atoms with van der Waals surface area (Å²) >= 11 is 0. The Morgan fingerprint density at radius 1 is 1.33 bits per heavy atom. The van der Waals surface area contributed by atoms with Crippen LogP contribution in [0.25, 0.3) is 0 Å². The fraction of sp³-hybridized carbons (Fsp3) is 0.250. The van der Waals surface area contributed by atoms with Crippen LogP contribution >= 0.6 is 0 Å². The Kier molecular flexibility index (Phi) is 3.69. The van der Waals surface area contributed by atoms with Gasteiger partial charge in [-0.2, -0.15) is 5.10 Å². The lowest BCUT2D eigenvalue weighted by molar-refractivity contribution is 0.0696. The fourth-order valence-corrected chi connectivity index (χ4v) is 3.36. The Bertz CT molecular complexity index is 793. The first-order valence-corrected chi connectivity index (χ1v) is 7.43. The molecule has 2 aromatic heterocycles. The molecule has 0 aromatic carbocycles. The zero-order chi connectivity index (χ0) is 15.8. The van der Waals surface area contributed by atoms with Gasteiger partial charge in [0.15, 0.2) is 0 Å². The molecule has 0 bridgehead atoms. The third-order valence-electron chi connectivity index (χ3n) is 2.96. The summed E-state index contributed by atoms with van der Waals surface area (Å²) in [6.45, 7) is 3.25. The van der Waals surface area contributed by atoms with E-state index in [1.54, 1.807) is 20.9 Å². The highest BCUT2D eigenvalue weighted by atomic mass is 32.2. The van der Waals surface area contributed by atoms with Crippen molar-refractivity contribution in [3.8, 4) is 0 Å². The zero-order valence-electron chi connectivity index (χ0n) is 11.7. The first-order chi connectivity index (χ1) is 9.72. The van der Waals surface area contributed by atoms with E-state index >= 15 is 0 Å². The average Bonchev–Trinajstić information content (AvgIpc) is 2.63. The number of hydrogen-bond donors (Lipinski definition) is 2. The van der Waals surface area contributed by atoms with Crippen molar-refractivity contribution in [3.63, 3.8) is 0 Å². The van der Waals surface area contributed by atoms with Crippen molar-refractivity contribution >= 4 is 21.8 Å². The molecule has 0 radical (unpaired) electrons. The molecule has 0 aliphatic carbocycles. The topological polar surface area (TPSA) is 114 Å². The first kappa shape index (κ1) is 15.0. The van der Waals surface area contributed by atoms with Crippen LogP contribution in [0.15, 0.2) is 23.2 Å². The minimum Gasteiger partial charge on any atom is -0.478 e. The molecule has 0 amide bonds. The van der Waals surface area contributed by atoms with E-state index in [9.17, 15) is 13.2 Å². The van der Waals surface area contributed by atoms with Gasteiger partial charge < -0.3 is 5.11 Å². The molecule has 112 valence electrons. The van der Waals surface area contributed by atoms with Crippen LogP contribution in [-0.4, -0.2) is 34.3 Å². The number of aryl methyl sites for hydroxylation is 2. The van der Waals surface area contributed by atoms with Crippen LogP contribution in [0.2, 0.25) is 0 Å². The fourth-order valence-electron chi connectivity index (χ4n) is 1.91. The molecule has 0 fully saturated rings. The molecule has 0 saturated heterocycles. The van der Waals surface area contributed by atoms with Crippen LogP contribution < -0.4 is 4.72 Å². The number of sulfonamides is 1. The van der Waals surface area contributed by atoms with Gasteiger partial charge in [-0.3, -0.25) is 9.40 Å². The predicted octanol–water partition coefficient (Wildman–Crippen LogP) is 0.931. The molecule has 0 spiro atoms. The van der Waals surface area contributed by atoms with Gasteiger partial charge in [-0.05, 0) is 26.0 Å². The van der Waals surface area contributed by atoms with E-state index in [4.69, 9.17) is 5.11 Å². The van der Waals surface area contributed by atoms with Gasteiger partial charge in [0.1, 0.15) is 10.7 Å². The SMILES string of the molecule is Cc1nn(C)c(C)c1S(=O)(=O)Nc1ccc(C(=O)O)cn1. The van der Waals surface area contributed by atoms with Gasteiger partial charge in [-0.25, -0.2) is 18.2 Å². The maximum Gasteiger partial charge on any atom is 0.337 e. The number of aromatic nitrogens is 3. The van der Waals surface area contributed by atoms with Crippen molar-refractivity contribution in [3.05, 3.63) is 35.3 Å². The number of carbonyl (C=O) groups is 1. The number of carboxylic acid groups (broad SMARTS) is 1. The normalized spacial score (nSPS) is 11.4. The molecule has 0 aliphatic heterocycles. The van der Waals surface area contributed by atoms with E-state index in [-0.39, 0.29) is 16.3 Å². The van der Waals surface area contributed by atoms with Crippen LogP contribution in [0.5, 0.6) is 0 Å². The molecule has 8 nitrogen and oxygen atoms in total. The van der Waals surface area contributed by atoms with Gasteiger partial charge in [0.05, 0.1) is 17.0 Å². The molecular weight excluding hydrogens is 296 g/mol. The van der Waals surface area contributed by atoms with E-state index in [1.165, 1.54) is 16.8 Å². The molecule has 0 saturated carbocycles. The van der Waals surface area contributed by atoms with Crippen molar-refractivity contribution in [1.29, 1.82) is 0 Å². The van der Waals surface area contributed by atoms with Crippen molar-refractivity contribution in [2.45, 2.75) is 18.7 Å². The summed E-state index contributed by atoms with van der Waals surface area (Å²) in [4.78, 5) is 14.6. The number of pyridine rings is 1. The Balaban J connectivity index is 2.35. The Labute approximate surface area is 121 Å². The molecule has 0 unspecified atom stereocenters. The molecule has 2 heterocycles. The Hall–Kier alpha value is -2.42. The van der Waals surface area contributed by atoms with Crippen LogP contribution in [0.3, 0.4) is 0 Å². The Morgan fingerprint density at radius 3 is 2.43 bits per heavy atom. The third-order valence-corrected chi connectivity index (χ3v) is 4.57. The summed E-state index contributed by atoms with van der Waals surface area (Å²) in [5.74, 6) is -1.08. The maximum atomic E-state index is 12.4. The van der Waals surface area contributed by atoms with Crippen molar-refractivity contribution in [2.24, 2.45) is 7.05 Å². The lowest BCUT2D eigenvalue weighted by Crippen LogP contribution is -2.16. The number of aromatic carboxylic acids is 1. The minimum atomic E-state index is -3.83. The lowest BCUT2D eigenvalue weighted by atomic mass is 10.3. The zero-order valence-corrected chi connectivity index (χ0v) is 12.5. The van der Waals surface area contributed by atoms with Crippen LogP contribution in [-0.2, 0) is 17.1 Å². The van der Waals surface area contributed by atoms with Gasteiger partial charge in [-0.15, -0.1) is 0 Å². The molecule has 21 heavy (non-hydrogen) atoms. The molecule has 0 atom stereocenters. The highest BCUT2D eigenvalue weighted by Gasteiger charge is 2.24. The van der Waals surface area contributed by atoms with E-state index < -0.39 is 16.0 Å². The summed E-state index contributed by atoms with van der Waals surface area (Å²) in [6.07, 6.45) is 1.09. The smallest absolute Gasteiger partial charge is 0.337 e. The number of hydrogen-bond acceptors (Lipinski definition) is 5. The highest BCUT2D eigenvalue weighted by Crippen LogP contribution is 2.21. The third kappa shape index (κ3) is 2.87. The van der Waals surface area contributed by atoms with Gasteiger partial charge in [0.25, 0.3) is 10.0 Å². The summed E-state index contributed by atoms with van der Waals surface area (Å²) in [7, 11) is -2.18. The van der Waals surface area contributed by atoms with Crippen molar-refractivity contribution < 1.29 is 18.3 Å². The molecule has 2 N–H and O–H groups in total. The molecule has 9 heteroatoms. The second-order valence-corrected chi connectivity index (χ2v) is 6.09. The van der Waals surface area contributed by atoms with Gasteiger partial charge in [0, 0.05) is 13.2 Å². The number of nitrogens with zero attached hydrogens (tertiary/aromatic N) is 3. The van der Waals surface area contributed by atoms with Crippen LogP contribution in [0.1, 0.15) is 21.7 Å². The molecule has 2 rings (SSSR count). The second-order valence-electron chi connectivity index (χ2n) is 4.47. The monoisotopic (exact) mass is 310 g/mol. The Morgan fingerprint density at radius 2 is 2.00 bits per heavy atom. The average molecular weight is 310 g/mol. The van der Waals surface area contributed by atoms with E-state index in [0.717, 1.165) is 6.20 Å². The summed E-state index contributed by atoms with van der Waals surface area (Å²) in [5, 5.41) is 12.8. The maximum absolute atomic E-state index is 12.4. The lowest BCUT2D eigenvalue weighted by Gasteiger charge is -2.07. The number of nitrogens with one attached hydrogen (secondary N) is 1. The number of carboxylic acids is 1. The second kappa shape index (κ2) is 5.17. The summed E-state index contributed by atoms with van der Waals surface area (Å²) < 4.78 is 28.5. The quantitative estimate of drug-likeness (QED) is 0.868. The molecule has 2 aromatic rings. The van der Waals surface area contributed by atoms with Crippen LogP contribution in [0.4, 0.5) is 5.82 Å². The van der Waals surface area contributed by atoms with Crippen molar-refractivity contribution in [1.82, 2.24) is 14.8 Å². The van der Waals surface area contributed by atoms with E-state index in [2.05, 4.69) is 14.8 Å². The standard InChI is InChI=1S/C12H14N4O4S/c1-7-11(8(2)16(3)14-7)21(19,20)15-10-5-4-9(6-13-10)12(17)18/h4-6H,1-3H3,(H,13,15)(H,17,18). The summed E-state index contributed by atoms with van der Waals surface area (Å²) in [6, 6.07) is 2.57. The predicted molar refractivity (Wildman–Crippen MR) is 74.7 cm³/mol. The van der Waals surface area contributed by atoms with E-state index in [1.807, 2.05) is 0 Å². The van der Waals surface area contributed by atoms with E-state index in [0.29, 0.717) is 11.4 Å². The largest absolute Gasteiger partial charge is 0.478 e.